The summed E-state index contributed by atoms with van der Waals surface area (Å²) in [6.45, 7) is 3.62. The first-order chi connectivity index (χ1) is 13.5. The SMILES string of the molecule is C[C@H]1CN(c2nc(-c3ccncc3)cc(=O)n2C)CC(c2ccc(Cl)cc2)N1.Cl.Cl. The third-order valence-corrected chi connectivity index (χ3v) is 5.28. The molecule has 0 radical (unpaired) electrons. The van der Waals surface area contributed by atoms with Gasteiger partial charge < -0.3 is 10.2 Å². The highest BCUT2D eigenvalue weighted by Gasteiger charge is 2.27. The summed E-state index contributed by atoms with van der Waals surface area (Å²) in [4.78, 5) is 23.6. The minimum atomic E-state index is -0.0777. The summed E-state index contributed by atoms with van der Waals surface area (Å²) in [6.07, 6.45) is 3.41. The van der Waals surface area contributed by atoms with Crippen LogP contribution in [-0.4, -0.2) is 33.7 Å². The fraction of sp³-hybridized carbons (Fsp3) is 0.286. The maximum atomic E-state index is 12.6. The molecule has 160 valence electrons. The largest absolute Gasteiger partial charge is 0.339 e. The van der Waals surface area contributed by atoms with Gasteiger partial charge >= 0.3 is 0 Å². The van der Waals surface area contributed by atoms with Crippen molar-refractivity contribution >= 4 is 42.4 Å². The molecule has 3 aromatic rings. The van der Waals surface area contributed by atoms with E-state index in [0.29, 0.717) is 18.2 Å². The molecule has 2 atom stereocenters. The molecule has 1 aromatic carbocycles. The molecule has 0 aliphatic carbocycles. The van der Waals surface area contributed by atoms with Gasteiger partial charge in [-0.15, -0.1) is 24.8 Å². The lowest BCUT2D eigenvalue weighted by Crippen LogP contribution is -2.52. The number of benzene rings is 1. The Hall–Kier alpha value is -2.12. The Labute approximate surface area is 193 Å². The van der Waals surface area contributed by atoms with Crippen LogP contribution < -0.4 is 15.8 Å². The molecule has 30 heavy (non-hydrogen) atoms. The van der Waals surface area contributed by atoms with E-state index in [2.05, 4.69) is 22.1 Å². The number of nitrogens with one attached hydrogen (secondary N) is 1. The molecule has 1 unspecified atom stereocenters. The van der Waals surface area contributed by atoms with Gasteiger partial charge in [-0.1, -0.05) is 23.7 Å². The van der Waals surface area contributed by atoms with Crippen LogP contribution in [0.2, 0.25) is 5.02 Å². The van der Waals surface area contributed by atoms with Gasteiger partial charge in [0, 0.05) is 55.2 Å². The Morgan fingerprint density at radius 3 is 2.40 bits per heavy atom. The highest BCUT2D eigenvalue weighted by molar-refractivity contribution is 6.30. The zero-order valence-electron chi connectivity index (χ0n) is 16.7. The third-order valence-electron chi connectivity index (χ3n) is 5.03. The summed E-state index contributed by atoms with van der Waals surface area (Å²) in [5.74, 6) is 0.673. The number of aromatic nitrogens is 3. The molecule has 9 heteroatoms. The van der Waals surface area contributed by atoms with Gasteiger partial charge in [-0.3, -0.25) is 14.3 Å². The van der Waals surface area contributed by atoms with Crippen molar-refractivity contribution in [2.75, 3.05) is 18.0 Å². The van der Waals surface area contributed by atoms with Gasteiger partial charge in [-0.05, 0) is 36.8 Å². The van der Waals surface area contributed by atoms with Crippen molar-refractivity contribution in [2.45, 2.75) is 19.0 Å². The number of hydrogen-bond acceptors (Lipinski definition) is 5. The van der Waals surface area contributed by atoms with E-state index in [1.807, 2.05) is 36.4 Å². The van der Waals surface area contributed by atoms with Crippen molar-refractivity contribution in [3.8, 4) is 11.3 Å². The van der Waals surface area contributed by atoms with Gasteiger partial charge in [0.25, 0.3) is 5.56 Å². The van der Waals surface area contributed by atoms with Crippen molar-refractivity contribution in [1.82, 2.24) is 19.9 Å². The predicted molar refractivity (Wildman–Crippen MR) is 126 cm³/mol. The second kappa shape index (κ2) is 10.3. The summed E-state index contributed by atoms with van der Waals surface area (Å²) in [5, 5.41) is 4.34. The van der Waals surface area contributed by atoms with Crippen LogP contribution in [0, 0.1) is 0 Å². The van der Waals surface area contributed by atoms with Crippen LogP contribution in [-0.2, 0) is 7.05 Å². The van der Waals surface area contributed by atoms with Crippen LogP contribution in [0.1, 0.15) is 18.5 Å². The fourth-order valence-corrected chi connectivity index (χ4v) is 3.74. The Morgan fingerprint density at radius 1 is 1.07 bits per heavy atom. The van der Waals surface area contributed by atoms with Gasteiger partial charge in [0.15, 0.2) is 0 Å². The molecule has 1 aliphatic rings. The van der Waals surface area contributed by atoms with Crippen LogP contribution >= 0.6 is 36.4 Å². The molecule has 1 fully saturated rings. The van der Waals surface area contributed by atoms with Crippen LogP contribution in [0.4, 0.5) is 5.95 Å². The lowest BCUT2D eigenvalue weighted by Gasteiger charge is -2.39. The Bertz CT molecular complexity index is 1030. The van der Waals surface area contributed by atoms with Gasteiger partial charge in [0.05, 0.1) is 11.7 Å². The summed E-state index contributed by atoms with van der Waals surface area (Å²) in [6, 6.07) is 13.6. The normalized spacial score (nSPS) is 18.3. The average molecular weight is 469 g/mol. The van der Waals surface area contributed by atoms with Gasteiger partial charge in [0.1, 0.15) is 0 Å². The molecule has 0 saturated carbocycles. The molecular formula is C21H24Cl3N5O. The molecule has 0 spiro atoms. The van der Waals surface area contributed by atoms with E-state index < -0.39 is 0 Å². The van der Waals surface area contributed by atoms with E-state index in [-0.39, 0.29) is 42.5 Å². The zero-order chi connectivity index (χ0) is 19.7. The molecule has 0 bridgehead atoms. The van der Waals surface area contributed by atoms with Crippen molar-refractivity contribution < 1.29 is 0 Å². The first kappa shape index (κ1) is 24.2. The molecule has 6 nitrogen and oxygen atoms in total. The van der Waals surface area contributed by atoms with Gasteiger partial charge in [0.2, 0.25) is 5.95 Å². The lowest BCUT2D eigenvalue weighted by molar-refractivity contribution is 0.389. The Kier molecular flexibility index (Phi) is 8.26. The third kappa shape index (κ3) is 5.13. The highest BCUT2D eigenvalue weighted by atomic mass is 35.5. The number of anilines is 1. The number of halogens is 3. The topological polar surface area (TPSA) is 63.1 Å². The summed E-state index contributed by atoms with van der Waals surface area (Å²) < 4.78 is 1.61. The van der Waals surface area contributed by atoms with Crippen LogP contribution in [0.5, 0.6) is 0 Å². The summed E-state index contributed by atoms with van der Waals surface area (Å²) in [5.41, 5.74) is 2.63. The number of nitrogens with zero attached hydrogens (tertiary/aromatic N) is 4. The molecule has 3 heterocycles. The second-order valence-electron chi connectivity index (χ2n) is 7.15. The molecular weight excluding hydrogens is 445 g/mol. The summed E-state index contributed by atoms with van der Waals surface area (Å²) in [7, 11) is 1.77. The standard InChI is InChI=1S/C21H22ClN5O.2ClH/c1-14-12-27(13-19(24-14)15-3-5-17(22)6-4-15)21-25-18(11-20(28)26(21)2)16-7-9-23-10-8-16;;/h3-11,14,19,24H,12-13H2,1-2H3;2*1H/t14-,19?;;/m0../s1. The minimum Gasteiger partial charge on any atom is -0.339 e. The van der Waals surface area contributed by atoms with E-state index in [1.54, 1.807) is 30.1 Å². The van der Waals surface area contributed by atoms with E-state index in [0.717, 1.165) is 22.7 Å². The van der Waals surface area contributed by atoms with E-state index in [1.165, 1.54) is 0 Å². The van der Waals surface area contributed by atoms with Crippen molar-refractivity contribution in [1.29, 1.82) is 0 Å². The Balaban J connectivity index is 0.00000160. The molecule has 0 amide bonds. The number of rotatable bonds is 3. The number of pyridine rings is 1. The van der Waals surface area contributed by atoms with Crippen molar-refractivity contribution in [3.05, 3.63) is 75.8 Å². The fourth-order valence-electron chi connectivity index (χ4n) is 3.62. The van der Waals surface area contributed by atoms with Gasteiger partial charge in [-0.25, -0.2) is 4.98 Å². The summed E-state index contributed by atoms with van der Waals surface area (Å²) >= 11 is 6.03. The van der Waals surface area contributed by atoms with E-state index >= 15 is 0 Å². The minimum absolute atomic E-state index is 0. The van der Waals surface area contributed by atoms with Crippen molar-refractivity contribution in [2.24, 2.45) is 7.05 Å². The number of piperazine rings is 1. The predicted octanol–water partition coefficient (Wildman–Crippen LogP) is 3.88. The average Bonchev–Trinajstić information content (AvgIpc) is 2.70. The van der Waals surface area contributed by atoms with Crippen LogP contribution in [0.15, 0.2) is 59.7 Å². The molecule has 4 rings (SSSR count). The maximum absolute atomic E-state index is 12.6. The van der Waals surface area contributed by atoms with E-state index in [9.17, 15) is 4.79 Å². The molecule has 1 aliphatic heterocycles. The quantitative estimate of drug-likeness (QED) is 0.632. The lowest BCUT2D eigenvalue weighted by atomic mass is 10.0. The second-order valence-corrected chi connectivity index (χ2v) is 7.59. The number of hydrogen-bond donors (Lipinski definition) is 1. The first-order valence-corrected chi connectivity index (χ1v) is 9.64. The molecule has 2 aromatic heterocycles. The smallest absolute Gasteiger partial charge is 0.255 e. The maximum Gasteiger partial charge on any atom is 0.255 e. The van der Waals surface area contributed by atoms with Crippen LogP contribution in [0.25, 0.3) is 11.3 Å². The zero-order valence-corrected chi connectivity index (χ0v) is 19.0. The van der Waals surface area contributed by atoms with Gasteiger partial charge in [-0.2, -0.15) is 0 Å². The highest BCUT2D eigenvalue weighted by Crippen LogP contribution is 2.25. The van der Waals surface area contributed by atoms with Crippen molar-refractivity contribution in [3.63, 3.8) is 0 Å². The first-order valence-electron chi connectivity index (χ1n) is 9.26. The Morgan fingerprint density at radius 2 is 1.73 bits per heavy atom. The monoisotopic (exact) mass is 467 g/mol. The molecule has 1 N–H and O–H groups in total. The van der Waals surface area contributed by atoms with Crippen LogP contribution in [0.3, 0.4) is 0 Å². The van der Waals surface area contributed by atoms with E-state index in [4.69, 9.17) is 16.6 Å². The molecule has 1 saturated heterocycles.